The van der Waals surface area contributed by atoms with E-state index in [9.17, 15) is 4.79 Å². The van der Waals surface area contributed by atoms with Gasteiger partial charge in [0.05, 0.1) is 7.11 Å². The summed E-state index contributed by atoms with van der Waals surface area (Å²) in [4.78, 5) is 15.7. The van der Waals surface area contributed by atoms with E-state index in [2.05, 4.69) is 206 Å². The van der Waals surface area contributed by atoms with Gasteiger partial charge in [-0.2, -0.15) is 0 Å². The van der Waals surface area contributed by atoms with Gasteiger partial charge in [-0.1, -0.05) is 128 Å². The molecule has 0 heterocycles. The number of carbonyl (C=O) groups is 1. The quantitative estimate of drug-likeness (QED) is 0.0959. The van der Waals surface area contributed by atoms with Crippen molar-refractivity contribution in [1.82, 2.24) is 0 Å². The maximum atomic E-state index is 11.1. The van der Waals surface area contributed by atoms with E-state index in [0.717, 1.165) is 52.7 Å². The molecule has 0 N–H and O–H groups in total. The lowest BCUT2D eigenvalue weighted by atomic mass is 9.65. The summed E-state index contributed by atoms with van der Waals surface area (Å²) >= 11 is 0. The Balaban J connectivity index is 0.000000199. The third kappa shape index (κ3) is 10.1. The van der Waals surface area contributed by atoms with Gasteiger partial charge in [0, 0.05) is 46.5 Å². The SMILES string of the molecule is COc1ccc(C2(c3ccc(OC(C)=O)cc3)CCCCC2)cc1.Cc1cccc(N(c2ccccc2)c2ccc(-c3ccc(N(c4ccccc4)c4cccc(C)c4)cc3)cc2)c1. The van der Waals surface area contributed by atoms with Crippen LogP contribution in [0.25, 0.3) is 11.1 Å². The van der Waals surface area contributed by atoms with Crippen molar-refractivity contribution in [3.05, 3.63) is 229 Å². The normalized spacial score (nSPS) is 12.9. The van der Waals surface area contributed by atoms with E-state index in [1.165, 1.54) is 59.6 Å². The molecule has 8 aromatic carbocycles. The minimum atomic E-state index is -0.287. The molecular formula is C59H56N2O3. The van der Waals surface area contributed by atoms with Crippen molar-refractivity contribution in [3.63, 3.8) is 0 Å². The molecule has 64 heavy (non-hydrogen) atoms. The maximum Gasteiger partial charge on any atom is 0.308 e. The number of anilines is 6. The Kier molecular flexibility index (Phi) is 13.7. The summed E-state index contributed by atoms with van der Waals surface area (Å²) in [5, 5.41) is 0. The van der Waals surface area contributed by atoms with E-state index in [-0.39, 0.29) is 11.4 Å². The smallest absolute Gasteiger partial charge is 0.308 e. The molecule has 320 valence electrons. The standard InChI is InChI=1S/C38H32N2.C21H24O3/c1-29-11-9-17-37(27-29)39(33-13-5-3-6-14-33)35-23-19-31(20-24-35)32-21-25-36(26-22-32)40(34-15-7-4-8-16-34)38-18-10-12-30(2)28-38;1-16(22)24-20-12-8-18(9-13-20)21(14-4-3-5-15-21)17-6-10-19(23-2)11-7-17/h3-28H,1-2H3;6-13H,3-5,14-15H2,1-2H3. The third-order valence-electron chi connectivity index (χ3n) is 12.2. The molecule has 0 aromatic heterocycles. The van der Waals surface area contributed by atoms with Crippen LogP contribution in [0.4, 0.5) is 34.1 Å². The van der Waals surface area contributed by atoms with Crippen LogP contribution >= 0.6 is 0 Å². The Morgan fingerprint density at radius 3 is 1.22 bits per heavy atom. The fourth-order valence-corrected chi connectivity index (χ4v) is 9.01. The molecule has 0 bridgehead atoms. The van der Waals surface area contributed by atoms with Crippen LogP contribution in [0.1, 0.15) is 61.3 Å². The maximum absolute atomic E-state index is 11.1. The fraction of sp³-hybridized carbons (Fsp3) is 0.169. The number of ether oxygens (including phenoxy) is 2. The van der Waals surface area contributed by atoms with Gasteiger partial charge in [0.2, 0.25) is 0 Å². The number of carbonyl (C=O) groups excluding carboxylic acids is 1. The number of hydrogen-bond donors (Lipinski definition) is 0. The van der Waals surface area contributed by atoms with Gasteiger partial charge in [-0.3, -0.25) is 4.79 Å². The molecule has 5 nitrogen and oxygen atoms in total. The second-order valence-electron chi connectivity index (χ2n) is 16.6. The Hall–Kier alpha value is -7.37. The molecule has 0 saturated heterocycles. The molecule has 5 heteroatoms. The summed E-state index contributed by atoms with van der Waals surface area (Å²) in [6, 6.07) is 72.5. The number of aryl methyl sites for hydroxylation is 2. The Morgan fingerprint density at radius 1 is 0.438 bits per heavy atom. The van der Waals surface area contributed by atoms with Gasteiger partial charge in [-0.15, -0.1) is 0 Å². The Labute approximate surface area is 379 Å². The highest BCUT2D eigenvalue weighted by molar-refractivity contribution is 5.81. The van der Waals surface area contributed by atoms with Crippen LogP contribution in [0.2, 0.25) is 0 Å². The fourth-order valence-electron chi connectivity index (χ4n) is 9.01. The summed E-state index contributed by atoms with van der Waals surface area (Å²) in [5.74, 6) is 1.20. The molecule has 0 radical (unpaired) electrons. The number of para-hydroxylation sites is 2. The third-order valence-corrected chi connectivity index (χ3v) is 12.2. The molecule has 0 atom stereocenters. The number of esters is 1. The molecule has 1 fully saturated rings. The van der Waals surface area contributed by atoms with Crippen molar-refractivity contribution in [1.29, 1.82) is 0 Å². The van der Waals surface area contributed by atoms with Gasteiger partial charge in [0.15, 0.2) is 0 Å². The van der Waals surface area contributed by atoms with Crippen molar-refractivity contribution in [3.8, 4) is 22.6 Å². The van der Waals surface area contributed by atoms with Crippen LogP contribution in [-0.4, -0.2) is 13.1 Å². The van der Waals surface area contributed by atoms with Crippen LogP contribution < -0.4 is 19.3 Å². The Morgan fingerprint density at radius 2 is 0.828 bits per heavy atom. The van der Waals surface area contributed by atoms with Crippen molar-refractivity contribution in [2.24, 2.45) is 0 Å². The highest BCUT2D eigenvalue weighted by Crippen LogP contribution is 2.46. The molecule has 0 amide bonds. The highest BCUT2D eigenvalue weighted by Gasteiger charge is 2.35. The average molecular weight is 841 g/mol. The van der Waals surface area contributed by atoms with Crippen molar-refractivity contribution >= 4 is 40.1 Å². The van der Waals surface area contributed by atoms with Gasteiger partial charge in [0.1, 0.15) is 11.5 Å². The molecule has 0 unspecified atom stereocenters. The number of rotatable bonds is 11. The molecule has 9 rings (SSSR count). The molecular weight excluding hydrogens is 785 g/mol. The second-order valence-corrected chi connectivity index (χ2v) is 16.6. The second kappa shape index (κ2) is 20.2. The number of benzene rings is 8. The van der Waals surface area contributed by atoms with Crippen molar-refractivity contribution < 1.29 is 14.3 Å². The first kappa shape index (κ1) is 43.3. The van der Waals surface area contributed by atoms with E-state index in [4.69, 9.17) is 9.47 Å². The van der Waals surface area contributed by atoms with E-state index in [1.54, 1.807) is 7.11 Å². The molecule has 1 aliphatic rings. The van der Waals surface area contributed by atoms with Gasteiger partial charge in [0.25, 0.3) is 0 Å². The Bertz CT molecular complexity index is 2600. The summed E-state index contributed by atoms with van der Waals surface area (Å²) in [6.45, 7) is 5.70. The van der Waals surface area contributed by atoms with Crippen LogP contribution in [0, 0.1) is 13.8 Å². The van der Waals surface area contributed by atoms with E-state index in [0.29, 0.717) is 5.75 Å². The molecule has 0 spiro atoms. The van der Waals surface area contributed by atoms with Gasteiger partial charge in [-0.05, 0) is 157 Å². The van der Waals surface area contributed by atoms with Crippen LogP contribution in [-0.2, 0) is 10.2 Å². The highest BCUT2D eigenvalue weighted by atomic mass is 16.5. The predicted molar refractivity (Wildman–Crippen MR) is 265 cm³/mol. The van der Waals surface area contributed by atoms with E-state index < -0.39 is 0 Å². The van der Waals surface area contributed by atoms with Gasteiger partial charge >= 0.3 is 5.97 Å². The first-order valence-electron chi connectivity index (χ1n) is 22.3. The first-order chi connectivity index (χ1) is 31.3. The van der Waals surface area contributed by atoms with E-state index in [1.807, 2.05) is 24.3 Å². The van der Waals surface area contributed by atoms with Crippen LogP contribution in [0.3, 0.4) is 0 Å². The molecule has 0 aliphatic heterocycles. The topological polar surface area (TPSA) is 42.0 Å². The van der Waals surface area contributed by atoms with Crippen molar-refractivity contribution in [2.75, 3.05) is 16.9 Å². The first-order valence-corrected chi connectivity index (χ1v) is 22.3. The number of methoxy groups -OCH3 is 1. The lowest BCUT2D eigenvalue weighted by molar-refractivity contribution is -0.131. The monoisotopic (exact) mass is 840 g/mol. The van der Waals surface area contributed by atoms with Crippen LogP contribution in [0.5, 0.6) is 11.5 Å². The minimum Gasteiger partial charge on any atom is -0.497 e. The molecule has 1 saturated carbocycles. The lowest BCUT2D eigenvalue weighted by Crippen LogP contribution is -2.30. The number of hydrogen-bond acceptors (Lipinski definition) is 5. The largest absolute Gasteiger partial charge is 0.497 e. The lowest BCUT2D eigenvalue weighted by Gasteiger charge is -2.38. The average Bonchev–Trinajstić information content (AvgIpc) is 3.33. The number of nitrogens with zero attached hydrogens (tertiary/aromatic N) is 2. The zero-order chi connectivity index (χ0) is 44.3. The van der Waals surface area contributed by atoms with Crippen molar-refractivity contribution in [2.45, 2.75) is 58.3 Å². The summed E-state index contributed by atoms with van der Waals surface area (Å²) in [5.41, 5.74) is 14.4. The summed E-state index contributed by atoms with van der Waals surface area (Å²) < 4.78 is 10.5. The molecule has 8 aromatic rings. The summed E-state index contributed by atoms with van der Waals surface area (Å²) in [7, 11) is 1.69. The van der Waals surface area contributed by atoms with E-state index >= 15 is 0 Å². The van der Waals surface area contributed by atoms with Gasteiger partial charge in [-0.25, -0.2) is 0 Å². The van der Waals surface area contributed by atoms with Gasteiger partial charge < -0.3 is 19.3 Å². The minimum absolute atomic E-state index is 0.0409. The molecule has 1 aliphatic carbocycles. The zero-order valence-corrected chi connectivity index (χ0v) is 37.3. The van der Waals surface area contributed by atoms with Crippen LogP contribution in [0.15, 0.2) is 206 Å². The predicted octanol–water partition coefficient (Wildman–Crippen LogP) is 15.8. The summed E-state index contributed by atoms with van der Waals surface area (Å²) in [6.07, 6.45) is 6.05. The zero-order valence-electron chi connectivity index (χ0n) is 37.3.